The summed E-state index contributed by atoms with van der Waals surface area (Å²) in [5.74, 6) is 2.59. The summed E-state index contributed by atoms with van der Waals surface area (Å²) < 4.78 is 7.01. The number of hydrogen-bond acceptors (Lipinski definition) is 3. The smallest absolute Gasteiger partial charge is 0.266 e. The quantitative estimate of drug-likeness (QED) is 0.247. The van der Waals surface area contributed by atoms with Crippen molar-refractivity contribution in [1.82, 2.24) is 0 Å². The van der Waals surface area contributed by atoms with Crippen molar-refractivity contribution in [2.75, 3.05) is 11.9 Å². The zero-order chi connectivity index (χ0) is 20.0. The largest absolute Gasteiger partial charge is 0.479 e. The number of halogens is 2. The van der Waals surface area contributed by atoms with E-state index in [4.69, 9.17) is 11.2 Å². The first-order valence-corrected chi connectivity index (χ1v) is 9.78. The first-order chi connectivity index (χ1) is 12.8. The Hall–Kier alpha value is -2.29. The summed E-state index contributed by atoms with van der Waals surface area (Å²) in [5.41, 5.74) is 3.56. The molecule has 0 saturated carbocycles. The van der Waals surface area contributed by atoms with Crippen LogP contribution in [0.5, 0.6) is 5.75 Å². The number of benzene rings is 2. The monoisotopic (exact) mass is 534 g/mol. The fraction of sp³-hybridized carbons (Fsp3) is 0.143. The highest BCUT2D eigenvalue weighted by atomic mass is 127. The highest BCUT2D eigenvalue weighted by molar-refractivity contribution is 14.1. The predicted molar refractivity (Wildman–Crippen MR) is 119 cm³/mol. The molecule has 0 heterocycles. The lowest BCUT2D eigenvalue weighted by molar-refractivity contribution is -0.112. The molecule has 2 aromatic rings. The maximum atomic E-state index is 12.5. The van der Waals surface area contributed by atoms with E-state index in [2.05, 4.69) is 49.8 Å². The minimum atomic E-state index is -0.459. The summed E-state index contributed by atoms with van der Waals surface area (Å²) in [6.07, 6.45) is 6.76. The third-order valence-electron chi connectivity index (χ3n) is 3.76. The number of hydrogen-bond donors (Lipinski definition) is 1. The maximum Gasteiger partial charge on any atom is 0.266 e. The van der Waals surface area contributed by atoms with E-state index in [0.29, 0.717) is 21.5 Å². The Morgan fingerprint density at radius 2 is 2.07 bits per heavy atom. The third-order valence-corrected chi connectivity index (χ3v) is 5.15. The molecule has 2 aromatic carbocycles. The van der Waals surface area contributed by atoms with Crippen LogP contribution in [0.1, 0.15) is 16.7 Å². The molecule has 0 aliphatic carbocycles. The summed E-state index contributed by atoms with van der Waals surface area (Å²) in [7, 11) is 0. The number of carbonyl (C=O) groups excluding carboxylic acids is 1. The molecule has 0 radical (unpaired) electrons. The lowest BCUT2D eigenvalue weighted by atomic mass is 10.1. The lowest BCUT2D eigenvalue weighted by Crippen LogP contribution is -2.13. The first kappa shape index (κ1) is 21.0. The van der Waals surface area contributed by atoms with E-state index in [-0.39, 0.29) is 12.2 Å². The van der Waals surface area contributed by atoms with Gasteiger partial charge in [-0.2, -0.15) is 5.26 Å². The molecule has 0 aromatic heterocycles. The second-order valence-corrected chi connectivity index (χ2v) is 7.75. The number of amides is 1. The molecule has 136 valence electrons. The van der Waals surface area contributed by atoms with Crippen LogP contribution in [0.4, 0.5) is 5.69 Å². The molecule has 1 amide bonds. The summed E-state index contributed by atoms with van der Waals surface area (Å²) in [6.45, 7) is 4.12. The van der Waals surface area contributed by atoms with Gasteiger partial charge in [0.15, 0.2) is 0 Å². The highest BCUT2D eigenvalue weighted by Crippen LogP contribution is 2.32. The van der Waals surface area contributed by atoms with E-state index in [1.54, 1.807) is 6.07 Å². The number of carbonyl (C=O) groups is 1. The molecule has 0 saturated heterocycles. The van der Waals surface area contributed by atoms with Gasteiger partial charge in [0.1, 0.15) is 24.0 Å². The molecule has 4 nitrogen and oxygen atoms in total. The average molecular weight is 535 g/mol. The molecule has 2 rings (SSSR count). The van der Waals surface area contributed by atoms with Crippen molar-refractivity contribution in [3.63, 3.8) is 0 Å². The Morgan fingerprint density at radius 1 is 1.33 bits per heavy atom. The molecule has 0 bridgehead atoms. The van der Waals surface area contributed by atoms with Crippen molar-refractivity contribution >= 4 is 56.2 Å². The van der Waals surface area contributed by atoms with Crippen molar-refractivity contribution in [3.8, 4) is 24.2 Å². The van der Waals surface area contributed by atoms with E-state index < -0.39 is 5.91 Å². The van der Waals surface area contributed by atoms with Crippen molar-refractivity contribution in [1.29, 1.82) is 5.26 Å². The Balaban J connectivity index is 2.27. The molecule has 0 aliphatic heterocycles. The Kier molecular flexibility index (Phi) is 7.46. The highest BCUT2D eigenvalue weighted by Gasteiger charge is 2.12. The zero-order valence-corrected chi connectivity index (χ0v) is 18.5. The summed E-state index contributed by atoms with van der Waals surface area (Å²) in [4.78, 5) is 12.5. The second-order valence-electron chi connectivity index (χ2n) is 5.73. The SMILES string of the molecule is C#CCOc1c(Br)cc(/C=C(\C#N)C(=O)Nc2ccc(C)c(C)c2)cc1I. The van der Waals surface area contributed by atoms with Crippen LogP contribution in [0.15, 0.2) is 40.4 Å². The maximum absolute atomic E-state index is 12.5. The number of nitrogens with one attached hydrogen (secondary N) is 1. The number of nitrogens with zero attached hydrogens (tertiary/aromatic N) is 1. The molecule has 1 N–H and O–H groups in total. The first-order valence-electron chi connectivity index (χ1n) is 7.91. The van der Waals surface area contributed by atoms with Gasteiger partial charge in [-0.15, -0.1) is 6.42 Å². The zero-order valence-electron chi connectivity index (χ0n) is 14.8. The van der Waals surface area contributed by atoms with Gasteiger partial charge in [0.2, 0.25) is 0 Å². The Bertz CT molecular complexity index is 977. The van der Waals surface area contributed by atoms with E-state index in [1.807, 2.05) is 44.2 Å². The van der Waals surface area contributed by atoms with Gasteiger partial charge in [-0.1, -0.05) is 12.0 Å². The van der Waals surface area contributed by atoms with Crippen LogP contribution in [0.2, 0.25) is 0 Å². The summed E-state index contributed by atoms with van der Waals surface area (Å²) in [6, 6.07) is 11.2. The van der Waals surface area contributed by atoms with Gasteiger partial charge in [-0.05, 0) is 99.4 Å². The molecule has 0 atom stereocenters. The number of terminal acetylenes is 1. The third kappa shape index (κ3) is 5.59. The molecule has 0 aliphatic rings. The van der Waals surface area contributed by atoms with Crippen LogP contribution in [0, 0.1) is 41.1 Å². The van der Waals surface area contributed by atoms with Crippen LogP contribution in [0.3, 0.4) is 0 Å². The molecule has 0 spiro atoms. The van der Waals surface area contributed by atoms with Gasteiger partial charge in [-0.25, -0.2) is 0 Å². The summed E-state index contributed by atoms with van der Waals surface area (Å²) >= 11 is 5.55. The predicted octanol–water partition coefficient (Wildman–Crippen LogP) is 5.23. The lowest BCUT2D eigenvalue weighted by Gasteiger charge is -2.10. The van der Waals surface area contributed by atoms with E-state index in [9.17, 15) is 10.1 Å². The molecule has 27 heavy (non-hydrogen) atoms. The van der Waals surface area contributed by atoms with Crippen molar-refractivity contribution < 1.29 is 9.53 Å². The Morgan fingerprint density at radius 3 is 2.67 bits per heavy atom. The number of anilines is 1. The average Bonchev–Trinajstić information content (AvgIpc) is 2.62. The van der Waals surface area contributed by atoms with Crippen molar-refractivity contribution in [2.45, 2.75) is 13.8 Å². The standard InChI is InChI=1S/C21H16BrIN2O2/c1-4-7-27-20-18(22)10-15(11-19(20)23)9-16(12-24)21(26)25-17-6-5-13(2)14(3)8-17/h1,5-6,8-11H,7H2,2-3H3,(H,25,26)/b16-9+. The van der Waals surface area contributed by atoms with Crippen LogP contribution in [-0.2, 0) is 4.79 Å². The van der Waals surface area contributed by atoms with Crippen molar-refractivity contribution in [3.05, 3.63) is 60.6 Å². The van der Waals surface area contributed by atoms with Crippen molar-refractivity contribution in [2.24, 2.45) is 0 Å². The van der Waals surface area contributed by atoms with E-state index in [0.717, 1.165) is 14.7 Å². The number of ether oxygens (including phenoxy) is 1. The van der Waals surface area contributed by atoms with Gasteiger partial charge in [-0.3, -0.25) is 4.79 Å². The molecule has 0 unspecified atom stereocenters. The minimum absolute atomic E-state index is 0.00761. The van der Waals surface area contributed by atoms with Crippen LogP contribution >= 0.6 is 38.5 Å². The van der Waals surface area contributed by atoms with Gasteiger partial charge in [0.25, 0.3) is 5.91 Å². The fourth-order valence-corrected chi connectivity index (χ4v) is 4.02. The number of rotatable bonds is 5. The molecule has 0 fully saturated rings. The van der Waals surface area contributed by atoms with E-state index >= 15 is 0 Å². The fourth-order valence-electron chi connectivity index (χ4n) is 2.25. The van der Waals surface area contributed by atoms with E-state index in [1.165, 1.54) is 6.08 Å². The topological polar surface area (TPSA) is 62.1 Å². The van der Waals surface area contributed by atoms with Crippen LogP contribution in [-0.4, -0.2) is 12.5 Å². The summed E-state index contributed by atoms with van der Waals surface area (Å²) in [5, 5.41) is 12.2. The van der Waals surface area contributed by atoms with Gasteiger partial charge < -0.3 is 10.1 Å². The molecular formula is C21H16BrIN2O2. The van der Waals surface area contributed by atoms with Gasteiger partial charge in [0, 0.05) is 5.69 Å². The second kappa shape index (κ2) is 9.59. The number of aryl methyl sites for hydroxylation is 2. The normalized spacial score (nSPS) is 10.7. The molecule has 6 heteroatoms. The van der Waals surface area contributed by atoms with Gasteiger partial charge >= 0.3 is 0 Å². The minimum Gasteiger partial charge on any atom is -0.479 e. The molecular weight excluding hydrogens is 519 g/mol. The van der Waals surface area contributed by atoms with Crippen LogP contribution < -0.4 is 10.1 Å². The Labute approximate surface area is 180 Å². The van der Waals surface area contributed by atoms with Gasteiger partial charge in [0.05, 0.1) is 8.04 Å². The van der Waals surface area contributed by atoms with Crippen LogP contribution in [0.25, 0.3) is 6.08 Å². The number of nitriles is 1.